The summed E-state index contributed by atoms with van der Waals surface area (Å²) >= 11 is 0. The van der Waals surface area contributed by atoms with Gasteiger partial charge in [0.25, 0.3) is 0 Å². The maximum Gasteiger partial charge on any atom is 0.217 e. The highest BCUT2D eigenvalue weighted by molar-refractivity contribution is 7.69. The predicted octanol–water partition coefficient (Wildman–Crippen LogP) is -0.376. The van der Waals surface area contributed by atoms with Crippen LogP contribution in [-0.2, 0) is 15.6 Å². The fraction of sp³-hybridized carbons (Fsp3) is 1.00. The van der Waals surface area contributed by atoms with Crippen LogP contribution in [0.1, 0.15) is 19.3 Å². The summed E-state index contributed by atoms with van der Waals surface area (Å²) in [6.45, 7) is 3.16. The van der Waals surface area contributed by atoms with Crippen LogP contribution in [-0.4, -0.2) is 63.2 Å². The molecule has 2 fully saturated rings. The summed E-state index contributed by atoms with van der Waals surface area (Å²) < 4.78 is 29.3. The van der Waals surface area contributed by atoms with Gasteiger partial charge in [-0.3, -0.25) is 0 Å². The Morgan fingerprint density at radius 1 is 1.39 bits per heavy atom. The Kier molecular flexibility index (Phi) is 6.83. The maximum atomic E-state index is 11.3. The van der Waals surface area contributed by atoms with E-state index in [1.807, 2.05) is 7.05 Å². The van der Waals surface area contributed by atoms with E-state index in [1.54, 1.807) is 0 Å². The van der Waals surface area contributed by atoms with E-state index in [-0.39, 0.29) is 24.5 Å². The highest BCUT2D eigenvalue weighted by Crippen LogP contribution is 2.15. The summed E-state index contributed by atoms with van der Waals surface area (Å²) in [7, 11) is -0.553. The Morgan fingerprint density at radius 3 is 2.72 bits per heavy atom. The van der Waals surface area contributed by atoms with Crippen LogP contribution in [0.4, 0.5) is 0 Å². The molecule has 2 atom stereocenters. The summed E-state index contributed by atoms with van der Waals surface area (Å²) in [5, 5.41) is 0. The lowest BCUT2D eigenvalue weighted by atomic mass is 10.1. The van der Waals surface area contributed by atoms with Crippen LogP contribution < -0.4 is 5.43 Å². The van der Waals surface area contributed by atoms with Crippen LogP contribution in [0.2, 0.25) is 0 Å². The Morgan fingerprint density at radius 2 is 2.17 bits per heavy atom. The number of likely N-dealkylation sites (tertiary alicyclic amines) is 1. The zero-order chi connectivity index (χ0) is 12.3. The first kappa shape index (κ1) is 16.1. The first-order chi connectivity index (χ1) is 8.16. The van der Waals surface area contributed by atoms with Crippen molar-refractivity contribution in [1.82, 2.24) is 14.7 Å². The van der Waals surface area contributed by atoms with Crippen LogP contribution in [0, 0.1) is 0 Å². The van der Waals surface area contributed by atoms with E-state index in [9.17, 15) is 8.42 Å². The van der Waals surface area contributed by atoms with Crippen molar-refractivity contribution < 1.29 is 13.2 Å². The second-order valence-electron chi connectivity index (χ2n) is 4.83. The van der Waals surface area contributed by atoms with Gasteiger partial charge in [0.05, 0.1) is 12.6 Å². The molecule has 2 aliphatic heterocycles. The lowest BCUT2D eigenvalue weighted by Crippen LogP contribution is -2.54. The van der Waals surface area contributed by atoms with Crippen LogP contribution in [0.15, 0.2) is 0 Å². The highest BCUT2D eigenvalue weighted by atomic mass is 35.5. The van der Waals surface area contributed by atoms with E-state index in [2.05, 4.69) is 10.3 Å². The Labute approximate surface area is 116 Å². The third kappa shape index (κ3) is 4.32. The van der Waals surface area contributed by atoms with Crippen molar-refractivity contribution >= 4 is 23.3 Å². The summed E-state index contributed by atoms with van der Waals surface area (Å²) in [4.78, 5) is 2.17. The smallest absolute Gasteiger partial charge is 0.217 e. The van der Waals surface area contributed by atoms with Crippen molar-refractivity contribution in [3.05, 3.63) is 0 Å². The predicted molar refractivity (Wildman–Crippen MR) is 72.3 cm³/mol. The van der Waals surface area contributed by atoms with Crippen molar-refractivity contribution in [2.75, 3.05) is 33.4 Å². The van der Waals surface area contributed by atoms with E-state index in [0.717, 1.165) is 32.4 Å². The molecule has 0 aromatic rings. The summed E-state index contributed by atoms with van der Waals surface area (Å²) in [6, 6.07) is 0.186. The zero-order valence-electron chi connectivity index (χ0n) is 10.6. The number of nitrogens with zero attached hydrogens (tertiary/aromatic N) is 2. The number of hydrogen-bond acceptors (Lipinski definition) is 5. The molecule has 1 N–H and O–H groups in total. The molecule has 6 nitrogen and oxygen atoms in total. The zero-order valence-corrected chi connectivity index (χ0v) is 12.3. The molecule has 108 valence electrons. The first-order valence-corrected chi connectivity index (χ1v) is 7.26. The number of hydrogen-bond donors (Lipinski definition) is 2. The van der Waals surface area contributed by atoms with Gasteiger partial charge in [-0.1, -0.05) is 0 Å². The minimum Gasteiger partial charge on any atom is -0.380 e. The second kappa shape index (κ2) is 7.62. The Bertz CT molecular complexity index is 315. The molecule has 0 aromatic carbocycles. The maximum absolute atomic E-state index is 11.3. The molecule has 0 aliphatic carbocycles. The normalized spacial score (nSPS) is 29.7. The van der Waals surface area contributed by atoms with Crippen molar-refractivity contribution in [3.63, 3.8) is 0 Å². The van der Waals surface area contributed by atoms with E-state index in [4.69, 9.17) is 4.74 Å². The van der Waals surface area contributed by atoms with Crippen molar-refractivity contribution in [1.29, 1.82) is 0 Å². The highest BCUT2D eigenvalue weighted by Gasteiger charge is 2.28. The van der Waals surface area contributed by atoms with Crippen molar-refractivity contribution in [2.45, 2.75) is 31.3 Å². The SMILES string of the molecule is CN1CCCC(N(NC2CCOC2)[SH](=O)=O)C1.Cl. The number of nitrogens with one attached hydrogen (secondary N) is 1. The minimum absolute atomic E-state index is 0. The minimum atomic E-state index is -2.58. The van der Waals surface area contributed by atoms with E-state index in [1.165, 1.54) is 4.41 Å². The fourth-order valence-electron chi connectivity index (χ4n) is 2.45. The van der Waals surface area contributed by atoms with E-state index < -0.39 is 10.9 Å². The van der Waals surface area contributed by atoms with Crippen molar-refractivity contribution in [2.24, 2.45) is 0 Å². The first-order valence-electron chi connectivity index (χ1n) is 6.13. The fourth-order valence-corrected chi connectivity index (χ4v) is 3.16. The lowest BCUT2D eigenvalue weighted by molar-refractivity contribution is 0.121. The van der Waals surface area contributed by atoms with Crippen LogP contribution in [0.3, 0.4) is 0 Å². The average Bonchev–Trinajstić information content (AvgIpc) is 2.78. The molecule has 0 saturated carbocycles. The molecule has 0 spiro atoms. The largest absolute Gasteiger partial charge is 0.380 e. The number of likely N-dealkylation sites (N-methyl/N-ethyl adjacent to an activating group) is 1. The third-order valence-electron chi connectivity index (χ3n) is 3.37. The molecule has 0 aromatic heterocycles. The van der Waals surface area contributed by atoms with Gasteiger partial charge in [-0.2, -0.15) is 0 Å². The molecule has 2 rings (SSSR count). The van der Waals surface area contributed by atoms with Crippen LogP contribution >= 0.6 is 12.4 Å². The van der Waals surface area contributed by atoms with E-state index >= 15 is 0 Å². The number of piperidine rings is 1. The van der Waals surface area contributed by atoms with Crippen LogP contribution in [0.5, 0.6) is 0 Å². The molecule has 0 amide bonds. The Balaban J connectivity index is 0.00000162. The number of hydrazine groups is 1. The molecule has 2 unspecified atom stereocenters. The molecule has 0 radical (unpaired) electrons. The lowest BCUT2D eigenvalue weighted by Gasteiger charge is -2.35. The van der Waals surface area contributed by atoms with E-state index in [0.29, 0.717) is 13.2 Å². The number of rotatable bonds is 4. The number of halogens is 1. The third-order valence-corrected chi connectivity index (χ3v) is 4.16. The molecule has 2 aliphatic rings. The van der Waals surface area contributed by atoms with Gasteiger partial charge in [0.1, 0.15) is 0 Å². The topological polar surface area (TPSA) is 61.9 Å². The van der Waals surface area contributed by atoms with Gasteiger partial charge in [-0.15, -0.1) is 16.8 Å². The molecular formula is C10H22ClN3O3S. The van der Waals surface area contributed by atoms with Crippen LogP contribution in [0.25, 0.3) is 0 Å². The molecule has 2 saturated heterocycles. The molecule has 2 heterocycles. The number of thiol groups is 1. The average molecular weight is 300 g/mol. The molecule has 0 bridgehead atoms. The number of ether oxygens (including phenoxy) is 1. The summed E-state index contributed by atoms with van der Waals surface area (Å²) in [5.74, 6) is 0. The van der Waals surface area contributed by atoms with Gasteiger partial charge in [-0.05, 0) is 32.9 Å². The van der Waals surface area contributed by atoms with Gasteiger partial charge in [0.15, 0.2) is 0 Å². The quantitative estimate of drug-likeness (QED) is 0.548. The Hall–Kier alpha value is 0.0800. The molecular weight excluding hydrogens is 278 g/mol. The van der Waals surface area contributed by atoms with Gasteiger partial charge >= 0.3 is 0 Å². The van der Waals surface area contributed by atoms with Gasteiger partial charge in [0.2, 0.25) is 10.9 Å². The summed E-state index contributed by atoms with van der Waals surface area (Å²) in [6.07, 6.45) is 2.85. The second-order valence-corrected chi connectivity index (χ2v) is 5.74. The summed E-state index contributed by atoms with van der Waals surface area (Å²) in [5.41, 5.74) is 3.09. The standard InChI is InChI=1S/C10H21N3O3S.ClH/c1-12-5-2-3-10(7-12)13(17(14)15)11-9-4-6-16-8-9;/h9-11,17H,2-8H2,1H3;1H. The van der Waals surface area contributed by atoms with Gasteiger partial charge in [-0.25, -0.2) is 13.8 Å². The molecule has 18 heavy (non-hydrogen) atoms. The van der Waals surface area contributed by atoms with Gasteiger partial charge in [0, 0.05) is 19.2 Å². The van der Waals surface area contributed by atoms with Crippen molar-refractivity contribution in [3.8, 4) is 0 Å². The monoisotopic (exact) mass is 299 g/mol. The molecule has 8 heteroatoms. The van der Waals surface area contributed by atoms with Gasteiger partial charge < -0.3 is 9.64 Å².